The summed E-state index contributed by atoms with van der Waals surface area (Å²) in [5.74, 6) is 0. The summed E-state index contributed by atoms with van der Waals surface area (Å²) in [5.41, 5.74) is 3.52. The van der Waals surface area contributed by atoms with Crippen molar-refractivity contribution in [1.82, 2.24) is 4.90 Å². The number of nitrogens with zero attached hydrogens (tertiary/aromatic N) is 1. The zero-order valence-electron chi connectivity index (χ0n) is 10.3. The maximum Gasteiger partial charge on any atom is 0.101 e. The van der Waals surface area contributed by atoms with E-state index in [0.717, 1.165) is 9.90 Å². The normalized spacial score (nSPS) is 14.2. The van der Waals surface area contributed by atoms with Crippen molar-refractivity contribution in [3.63, 3.8) is 0 Å². The van der Waals surface area contributed by atoms with Gasteiger partial charge in [-0.05, 0) is 40.6 Å². The molecule has 0 bridgehead atoms. The highest BCUT2D eigenvalue weighted by atomic mass is 35.5. The first-order valence-corrected chi connectivity index (χ1v) is 7.99. The largest absolute Gasteiger partial charge is 0.357 e. The second-order valence-electron chi connectivity index (χ2n) is 4.21. The SMILES string of the molecule is CN1C=CC(=C(c2cccs2)c2ccsc2Cl)C=C1. The van der Waals surface area contributed by atoms with E-state index < -0.39 is 0 Å². The van der Waals surface area contributed by atoms with Gasteiger partial charge in [0.05, 0.1) is 0 Å². The van der Waals surface area contributed by atoms with Gasteiger partial charge in [0.1, 0.15) is 4.34 Å². The number of rotatable bonds is 2. The Kier molecular flexibility index (Phi) is 3.60. The van der Waals surface area contributed by atoms with Gasteiger partial charge in [0, 0.05) is 35.5 Å². The third-order valence-corrected chi connectivity index (χ3v) is 4.98. The number of halogens is 1. The summed E-state index contributed by atoms with van der Waals surface area (Å²) in [5, 5.41) is 4.13. The Morgan fingerprint density at radius 2 is 1.89 bits per heavy atom. The number of hydrogen-bond acceptors (Lipinski definition) is 3. The van der Waals surface area contributed by atoms with Gasteiger partial charge in [-0.2, -0.15) is 0 Å². The molecule has 1 aliphatic heterocycles. The van der Waals surface area contributed by atoms with E-state index in [1.807, 2.05) is 17.3 Å². The molecule has 2 aromatic heterocycles. The van der Waals surface area contributed by atoms with Crippen LogP contribution in [-0.2, 0) is 0 Å². The first-order valence-electron chi connectivity index (χ1n) is 5.85. The molecule has 1 aliphatic rings. The number of hydrogen-bond donors (Lipinski definition) is 0. The standard InChI is InChI=1S/C15H12ClNS2/c1-17-7-4-11(5-8-17)14(13-3-2-9-18-13)12-6-10-19-15(12)16/h2-10H,1H3. The number of thiophene rings is 2. The van der Waals surface area contributed by atoms with E-state index in [4.69, 9.17) is 11.6 Å². The smallest absolute Gasteiger partial charge is 0.101 e. The molecule has 0 aromatic carbocycles. The van der Waals surface area contributed by atoms with Crippen LogP contribution in [-0.4, -0.2) is 11.9 Å². The van der Waals surface area contributed by atoms with Crippen molar-refractivity contribution >= 4 is 39.8 Å². The maximum atomic E-state index is 6.33. The molecule has 0 aliphatic carbocycles. The van der Waals surface area contributed by atoms with Gasteiger partial charge < -0.3 is 4.90 Å². The lowest BCUT2D eigenvalue weighted by Gasteiger charge is -2.15. The minimum Gasteiger partial charge on any atom is -0.357 e. The first kappa shape index (κ1) is 12.7. The fourth-order valence-electron chi connectivity index (χ4n) is 1.99. The summed E-state index contributed by atoms with van der Waals surface area (Å²) < 4.78 is 0.844. The minimum atomic E-state index is 0.844. The molecule has 0 fully saturated rings. The Morgan fingerprint density at radius 1 is 1.11 bits per heavy atom. The maximum absolute atomic E-state index is 6.33. The van der Waals surface area contributed by atoms with Crippen LogP contribution in [0.15, 0.2) is 59.1 Å². The molecular weight excluding hydrogens is 294 g/mol. The molecule has 0 saturated carbocycles. The summed E-state index contributed by atoms with van der Waals surface area (Å²) >= 11 is 9.64. The van der Waals surface area contributed by atoms with Crippen molar-refractivity contribution in [3.05, 3.63) is 73.9 Å². The molecule has 4 heteroatoms. The monoisotopic (exact) mass is 305 g/mol. The van der Waals surface area contributed by atoms with E-state index in [0.29, 0.717) is 0 Å². The van der Waals surface area contributed by atoms with Gasteiger partial charge in [0.25, 0.3) is 0 Å². The highest BCUT2D eigenvalue weighted by molar-refractivity contribution is 7.15. The Balaban J connectivity index is 2.19. The predicted octanol–water partition coefficient (Wildman–Crippen LogP) is 5.24. The molecule has 0 amide bonds. The minimum absolute atomic E-state index is 0.844. The van der Waals surface area contributed by atoms with Gasteiger partial charge in [-0.3, -0.25) is 0 Å². The van der Waals surface area contributed by atoms with Crippen LogP contribution >= 0.6 is 34.3 Å². The van der Waals surface area contributed by atoms with E-state index in [-0.39, 0.29) is 0 Å². The van der Waals surface area contributed by atoms with E-state index in [2.05, 4.69) is 48.1 Å². The molecule has 0 unspecified atom stereocenters. The quantitative estimate of drug-likeness (QED) is 0.733. The van der Waals surface area contributed by atoms with Crippen LogP contribution in [0.3, 0.4) is 0 Å². The predicted molar refractivity (Wildman–Crippen MR) is 85.7 cm³/mol. The van der Waals surface area contributed by atoms with Gasteiger partial charge >= 0.3 is 0 Å². The molecule has 96 valence electrons. The molecule has 3 rings (SSSR count). The zero-order chi connectivity index (χ0) is 13.2. The van der Waals surface area contributed by atoms with Crippen molar-refractivity contribution < 1.29 is 0 Å². The van der Waals surface area contributed by atoms with E-state index in [1.165, 1.54) is 16.0 Å². The van der Waals surface area contributed by atoms with Crippen molar-refractivity contribution in [2.24, 2.45) is 0 Å². The highest BCUT2D eigenvalue weighted by Gasteiger charge is 2.15. The molecule has 19 heavy (non-hydrogen) atoms. The summed E-state index contributed by atoms with van der Waals surface area (Å²) in [6.07, 6.45) is 8.37. The fraction of sp³-hybridized carbons (Fsp3) is 0.0667. The molecule has 0 radical (unpaired) electrons. The van der Waals surface area contributed by atoms with Crippen LogP contribution in [0, 0.1) is 0 Å². The zero-order valence-corrected chi connectivity index (χ0v) is 12.7. The molecule has 0 atom stereocenters. The molecule has 0 N–H and O–H groups in total. The Hall–Kier alpha value is -1.29. The van der Waals surface area contributed by atoms with Gasteiger partial charge in [-0.25, -0.2) is 0 Å². The van der Waals surface area contributed by atoms with Crippen molar-refractivity contribution in [3.8, 4) is 0 Å². The van der Waals surface area contributed by atoms with Gasteiger partial charge in [-0.1, -0.05) is 17.7 Å². The van der Waals surface area contributed by atoms with E-state index >= 15 is 0 Å². The van der Waals surface area contributed by atoms with Crippen LogP contribution in [0.25, 0.3) is 5.57 Å². The van der Waals surface area contributed by atoms with Crippen LogP contribution < -0.4 is 0 Å². The average Bonchev–Trinajstić information content (AvgIpc) is 3.05. The number of allylic oxidation sites excluding steroid dienone is 3. The topological polar surface area (TPSA) is 3.24 Å². The summed E-state index contributed by atoms with van der Waals surface area (Å²) in [6.45, 7) is 0. The third-order valence-electron chi connectivity index (χ3n) is 2.92. The summed E-state index contributed by atoms with van der Waals surface area (Å²) in [6, 6.07) is 6.30. The Morgan fingerprint density at radius 3 is 2.47 bits per heavy atom. The van der Waals surface area contributed by atoms with E-state index in [1.54, 1.807) is 22.7 Å². The van der Waals surface area contributed by atoms with Gasteiger partial charge in [0.15, 0.2) is 0 Å². The van der Waals surface area contributed by atoms with Gasteiger partial charge in [-0.15, -0.1) is 22.7 Å². The Labute approximate surface area is 125 Å². The molecule has 2 aromatic rings. The second-order valence-corrected chi connectivity index (χ2v) is 6.68. The molecular formula is C15H12ClNS2. The molecule has 0 saturated heterocycles. The van der Waals surface area contributed by atoms with E-state index in [9.17, 15) is 0 Å². The first-order chi connectivity index (χ1) is 9.25. The second kappa shape index (κ2) is 5.37. The third kappa shape index (κ3) is 2.54. The fourth-order valence-corrected chi connectivity index (χ4v) is 3.73. The van der Waals surface area contributed by atoms with Crippen molar-refractivity contribution in [2.45, 2.75) is 0 Å². The van der Waals surface area contributed by atoms with Crippen LogP contribution in [0.4, 0.5) is 0 Å². The molecule has 1 nitrogen and oxygen atoms in total. The van der Waals surface area contributed by atoms with Crippen LogP contribution in [0.5, 0.6) is 0 Å². The highest BCUT2D eigenvalue weighted by Crippen LogP contribution is 2.38. The molecule has 3 heterocycles. The van der Waals surface area contributed by atoms with Crippen molar-refractivity contribution in [1.29, 1.82) is 0 Å². The van der Waals surface area contributed by atoms with Gasteiger partial charge in [0.2, 0.25) is 0 Å². The lowest BCUT2D eigenvalue weighted by molar-refractivity contribution is 0.620. The average molecular weight is 306 g/mol. The Bertz CT molecular complexity index is 646. The van der Waals surface area contributed by atoms with Crippen LogP contribution in [0.1, 0.15) is 10.4 Å². The summed E-state index contributed by atoms with van der Waals surface area (Å²) in [7, 11) is 2.02. The molecule has 0 spiro atoms. The lowest BCUT2D eigenvalue weighted by Crippen LogP contribution is -2.04. The summed E-state index contributed by atoms with van der Waals surface area (Å²) in [4.78, 5) is 3.28. The lowest BCUT2D eigenvalue weighted by atomic mass is 9.99. The van der Waals surface area contributed by atoms with Crippen LogP contribution in [0.2, 0.25) is 4.34 Å². The van der Waals surface area contributed by atoms with Crippen molar-refractivity contribution in [2.75, 3.05) is 7.05 Å².